The van der Waals surface area contributed by atoms with E-state index in [1.54, 1.807) is 6.08 Å². The van der Waals surface area contributed by atoms with Crippen LogP contribution < -0.4 is 10.1 Å². The van der Waals surface area contributed by atoms with E-state index in [2.05, 4.69) is 5.32 Å². The number of rotatable bonds is 12. The molecule has 9 heteroatoms. The molecule has 1 aliphatic carbocycles. The Kier molecular flexibility index (Phi) is 11.1. The van der Waals surface area contributed by atoms with Crippen molar-refractivity contribution in [1.29, 1.82) is 0 Å². The van der Waals surface area contributed by atoms with Gasteiger partial charge >= 0.3 is 6.18 Å². The summed E-state index contributed by atoms with van der Waals surface area (Å²) in [5, 5.41) is 33.5. The second kappa shape index (κ2) is 13.5. The number of aliphatic hydroxyl groups excluding tert-OH is 3. The van der Waals surface area contributed by atoms with Crippen LogP contribution in [0.25, 0.3) is 0 Å². The van der Waals surface area contributed by atoms with Gasteiger partial charge in [0.15, 0.2) is 0 Å². The van der Waals surface area contributed by atoms with Crippen molar-refractivity contribution in [2.45, 2.75) is 63.5 Å². The van der Waals surface area contributed by atoms with Crippen molar-refractivity contribution in [3.8, 4) is 5.75 Å². The minimum atomic E-state index is -4.48. The Hall–Kier alpha value is -2.36. The number of unbranched alkanes of at least 4 members (excludes halogenated alkanes) is 1. The lowest BCUT2D eigenvalue weighted by Crippen LogP contribution is -2.22. The number of halogens is 3. The fraction of sp³-hybridized carbons (Fsp3) is 0.560. The molecule has 0 spiro atoms. The Labute approximate surface area is 198 Å². The number of nitrogens with one attached hydrogen (secondary N) is 1. The number of carbonyl (C=O) groups is 1. The first-order valence-corrected chi connectivity index (χ1v) is 11.6. The van der Waals surface area contributed by atoms with Gasteiger partial charge in [0.2, 0.25) is 5.91 Å². The molecular formula is C25H34F3NO5. The number of alkyl halides is 3. The van der Waals surface area contributed by atoms with Crippen LogP contribution in [-0.2, 0) is 11.0 Å². The average Bonchev–Trinajstić information content (AvgIpc) is 3.05. The highest BCUT2D eigenvalue weighted by atomic mass is 19.4. The van der Waals surface area contributed by atoms with Gasteiger partial charge in [0.05, 0.1) is 17.8 Å². The lowest BCUT2D eigenvalue weighted by Gasteiger charge is -2.19. The maximum Gasteiger partial charge on any atom is 0.416 e. The molecule has 0 bridgehead atoms. The van der Waals surface area contributed by atoms with Crippen LogP contribution in [0.15, 0.2) is 48.6 Å². The number of allylic oxidation sites excluding steroid dienone is 2. The van der Waals surface area contributed by atoms with E-state index in [0.29, 0.717) is 19.4 Å². The molecule has 0 aliphatic heterocycles. The van der Waals surface area contributed by atoms with Crippen molar-refractivity contribution in [3.63, 3.8) is 0 Å². The maximum absolute atomic E-state index is 12.8. The molecule has 5 atom stereocenters. The van der Waals surface area contributed by atoms with Gasteiger partial charge in [-0.05, 0) is 50.3 Å². The summed E-state index contributed by atoms with van der Waals surface area (Å²) in [6.07, 6.45) is 2.58. The highest BCUT2D eigenvalue weighted by molar-refractivity contribution is 5.75. The highest BCUT2D eigenvalue weighted by Crippen LogP contribution is 2.36. The van der Waals surface area contributed by atoms with Gasteiger partial charge in [0.1, 0.15) is 18.5 Å². The summed E-state index contributed by atoms with van der Waals surface area (Å²) in [6, 6.07) is 4.41. The third-order valence-electron chi connectivity index (χ3n) is 5.78. The van der Waals surface area contributed by atoms with Crippen LogP contribution in [-0.4, -0.2) is 52.7 Å². The quantitative estimate of drug-likeness (QED) is 0.268. The molecule has 1 amide bonds. The molecule has 0 saturated heterocycles. The first-order chi connectivity index (χ1) is 16.1. The normalized spacial score (nSPS) is 24.1. The molecule has 1 aromatic carbocycles. The molecule has 190 valence electrons. The standard InChI is InChI=1S/C25H34F3NO5/c1-2-29-24(33)11-6-4-3-5-10-20-21(23(32)15-22(20)31)13-12-18(30)16-34-19-9-7-8-17(14-19)25(26,27)28/h3,5,7-9,12-14,18,20-23,30-32H,2,4,6,10-11,15-16H2,1H3,(H,29,33)/b5-3-,13-12+/t18-,20-,21-,22+,23-/m1/s1. The first kappa shape index (κ1) is 27.9. The van der Waals surface area contributed by atoms with Crippen molar-refractivity contribution in [2.24, 2.45) is 11.8 Å². The number of amides is 1. The van der Waals surface area contributed by atoms with Crippen molar-refractivity contribution >= 4 is 5.91 Å². The number of hydrogen-bond acceptors (Lipinski definition) is 5. The molecule has 1 fully saturated rings. The number of ether oxygens (including phenoxy) is 1. The van der Waals surface area contributed by atoms with Gasteiger partial charge < -0.3 is 25.4 Å². The van der Waals surface area contributed by atoms with Gasteiger partial charge in [0.25, 0.3) is 0 Å². The Balaban J connectivity index is 1.84. The molecule has 1 aliphatic rings. The van der Waals surface area contributed by atoms with E-state index in [-0.39, 0.29) is 36.5 Å². The summed E-state index contributed by atoms with van der Waals surface area (Å²) >= 11 is 0. The summed E-state index contributed by atoms with van der Waals surface area (Å²) in [7, 11) is 0. The van der Waals surface area contributed by atoms with Gasteiger partial charge in [-0.3, -0.25) is 4.79 Å². The molecule has 2 rings (SSSR count). The molecule has 0 unspecified atom stereocenters. The van der Waals surface area contributed by atoms with E-state index >= 15 is 0 Å². The molecule has 1 saturated carbocycles. The SMILES string of the molecule is CCNC(=O)CCC/C=C\C[C@@H]1[C@@H](/C=C/[C@@H](O)COc2cccc(C(F)(F)F)c2)[C@H](O)C[C@@H]1O. The largest absolute Gasteiger partial charge is 0.491 e. The number of carbonyl (C=O) groups excluding carboxylic acids is 1. The summed E-state index contributed by atoms with van der Waals surface area (Å²) in [6.45, 7) is 2.23. The predicted molar refractivity (Wildman–Crippen MR) is 122 cm³/mol. The third kappa shape index (κ3) is 9.12. The highest BCUT2D eigenvalue weighted by Gasteiger charge is 2.39. The third-order valence-corrected chi connectivity index (χ3v) is 5.78. The van der Waals surface area contributed by atoms with Crippen LogP contribution in [0.3, 0.4) is 0 Å². The van der Waals surface area contributed by atoms with Gasteiger partial charge in [0, 0.05) is 25.3 Å². The van der Waals surface area contributed by atoms with E-state index in [0.717, 1.165) is 25.0 Å². The molecule has 0 radical (unpaired) electrons. The lowest BCUT2D eigenvalue weighted by atomic mass is 9.89. The van der Waals surface area contributed by atoms with E-state index in [4.69, 9.17) is 4.74 Å². The average molecular weight is 486 g/mol. The van der Waals surface area contributed by atoms with Gasteiger partial charge in [-0.1, -0.05) is 30.4 Å². The van der Waals surface area contributed by atoms with Crippen molar-refractivity contribution in [3.05, 3.63) is 54.1 Å². The smallest absolute Gasteiger partial charge is 0.416 e. The molecular weight excluding hydrogens is 451 g/mol. The zero-order chi connectivity index (χ0) is 25.1. The zero-order valence-corrected chi connectivity index (χ0v) is 19.2. The number of benzene rings is 1. The van der Waals surface area contributed by atoms with Crippen molar-refractivity contribution in [2.75, 3.05) is 13.2 Å². The Morgan fingerprint density at radius 3 is 2.74 bits per heavy atom. The van der Waals surface area contributed by atoms with Crippen molar-refractivity contribution in [1.82, 2.24) is 5.32 Å². The fourth-order valence-electron chi connectivity index (χ4n) is 4.00. The zero-order valence-electron chi connectivity index (χ0n) is 19.2. The lowest BCUT2D eigenvalue weighted by molar-refractivity contribution is -0.137. The molecule has 0 heterocycles. The summed E-state index contributed by atoms with van der Waals surface area (Å²) in [4.78, 5) is 11.4. The minimum Gasteiger partial charge on any atom is -0.491 e. The summed E-state index contributed by atoms with van der Waals surface area (Å²) in [5.41, 5.74) is -0.835. The summed E-state index contributed by atoms with van der Waals surface area (Å²) < 4.78 is 43.7. The molecule has 0 aromatic heterocycles. The minimum absolute atomic E-state index is 0.00575. The second-order valence-electron chi connectivity index (χ2n) is 8.45. The maximum atomic E-state index is 12.8. The summed E-state index contributed by atoms with van der Waals surface area (Å²) in [5.74, 6) is -0.597. The topological polar surface area (TPSA) is 99.0 Å². The van der Waals surface area contributed by atoms with E-state index < -0.39 is 30.1 Å². The Morgan fingerprint density at radius 1 is 1.26 bits per heavy atom. The van der Waals surface area contributed by atoms with Crippen molar-refractivity contribution < 1.29 is 38.0 Å². The van der Waals surface area contributed by atoms with Crippen LogP contribution in [0, 0.1) is 11.8 Å². The van der Waals surface area contributed by atoms with Crippen LogP contribution in [0.4, 0.5) is 13.2 Å². The Morgan fingerprint density at radius 2 is 2.03 bits per heavy atom. The van der Waals surface area contributed by atoms with E-state index in [1.807, 2.05) is 19.1 Å². The number of aliphatic hydroxyl groups is 3. The van der Waals surface area contributed by atoms with Crippen LogP contribution in [0.2, 0.25) is 0 Å². The van der Waals surface area contributed by atoms with Gasteiger partial charge in [-0.15, -0.1) is 0 Å². The fourth-order valence-corrected chi connectivity index (χ4v) is 4.00. The molecule has 1 aromatic rings. The first-order valence-electron chi connectivity index (χ1n) is 11.6. The monoisotopic (exact) mass is 485 g/mol. The van der Waals surface area contributed by atoms with E-state index in [1.165, 1.54) is 18.2 Å². The molecule has 34 heavy (non-hydrogen) atoms. The van der Waals surface area contributed by atoms with Crippen LogP contribution >= 0.6 is 0 Å². The van der Waals surface area contributed by atoms with Gasteiger partial charge in [-0.25, -0.2) is 0 Å². The Bertz CT molecular complexity index is 827. The molecule has 6 nitrogen and oxygen atoms in total. The predicted octanol–water partition coefficient (Wildman–Crippen LogP) is 3.61. The number of hydrogen-bond donors (Lipinski definition) is 4. The second-order valence-corrected chi connectivity index (χ2v) is 8.45. The molecule has 4 N–H and O–H groups in total. The van der Waals surface area contributed by atoms with Crippen LogP contribution in [0.1, 0.15) is 44.6 Å². The van der Waals surface area contributed by atoms with Crippen LogP contribution in [0.5, 0.6) is 5.75 Å². The van der Waals surface area contributed by atoms with E-state index in [9.17, 15) is 33.3 Å². The van der Waals surface area contributed by atoms with Gasteiger partial charge in [-0.2, -0.15) is 13.2 Å².